The molecule has 0 N–H and O–H groups in total. The molecule has 0 unspecified atom stereocenters. The summed E-state index contributed by atoms with van der Waals surface area (Å²) in [5.74, 6) is 0.782. The molecular weight excluding hydrogens is 181 g/mol. The minimum Gasteiger partial charge on any atom is -0.220 e. The molecule has 0 rings (SSSR count). The fourth-order valence-corrected chi connectivity index (χ4v) is 0.927. The summed E-state index contributed by atoms with van der Waals surface area (Å²) in [5, 5.41) is 0. The summed E-state index contributed by atoms with van der Waals surface area (Å²) < 4.78 is 54.9. The first-order valence-electron chi connectivity index (χ1n) is 2.54. The fourth-order valence-electron chi connectivity index (χ4n) is 0.309. The van der Waals surface area contributed by atoms with E-state index in [1.54, 1.807) is 0 Å². The molecule has 0 radical (unpaired) electrons. The van der Waals surface area contributed by atoms with Gasteiger partial charge in [0.15, 0.2) is 0 Å². The lowest BCUT2D eigenvalue weighted by Crippen LogP contribution is -2.25. The first kappa shape index (κ1) is 10.3. The van der Waals surface area contributed by atoms with Crippen molar-refractivity contribution in [3.63, 3.8) is 0 Å². The van der Waals surface area contributed by atoms with Crippen molar-refractivity contribution < 1.29 is 21.6 Å². The van der Waals surface area contributed by atoms with Crippen LogP contribution in [0.5, 0.6) is 0 Å². The average molecular weight is 186 g/mol. The fraction of sp³-hybridized carbons (Fsp3) is 0.600. The Hall–Kier alpha value is -0.700. The summed E-state index contributed by atoms with van der Waals surface area (Å²) in [6.07, 6.45) is 4.18. The van der Waals surface area contributed by atoms with Crippen molar-refractivity contribution in [3.05, 3.63) is 0 Å². The van der Waals surface area contributed by atoms with Gasteiger partial charge in [-0.05, 0) is 0 Å². The molecule has 0 aromatic rings. The molecule has 0 aliphatic rings. The van der Waals surface area contributed by atoms with Crippen LogP contribution < -0.4 is 0 Å². The van der Waals surface area contributed by atoms with E-state index in [4.69, 9.17) is 0 Å². The molecule has 0 atom stereocenters. The predicted molar refractivity (Wildman–Crippen MR) is 33.3 cm³/mol. The summed E-state index contributed by atoms with van der Waals surface area (Å²) in [7, 11) is -5.00. The van der Waals surface area contributed by atoms with Crippen LogP contribution >= 0.6 is 0 Å². The van der Waals surface area contributed by atoms with E-state index in [1.807, 2.05) is 5.92 Å². The normalized spacial score (nSPS) is 12.5. The Morgan fingerprint density at radius 1 is 1.36 bits per heavy atom. The van der Waals surface area contributed by atoms with Crippen molar-refractivity contribution in [3.8, 4) is 12.3 Å². The molecule has 0 saturated carbocycles. The molecule has 0 aliphatic heterocycles. The molecule has 0 fully saturated rings. The van der Waals surface area contributed by atoms with E-state index in [9.17, 15) is 21.6 Å². The largest absolute Gasteiger partial charge is 0.497 e. The molecule has 11 heavy (non-hydrogen) atoms. The molecule has 2 nitrogen and oxygen atoms in total. The van der Waals surface area contributed by atoms with Crippen LogP contribution in [-0.4, -0.2) is 19.7 Å². The van der Waals surface area contributed by atoms with Crippen molar-refractivity contribution in [2.75, 3.05) is 5.75 Å². The Bertz CT molecular complexity index is 256. The lowest BCUT2D eigenvalue weighted by molar-refractivity contribution is -0.0434. The molecule has 0 saturated heterocycles. The molecule has 0 aromatic heterocycles. The number of alkyl halides is 3. The summed E-state index contributed by atoms with van der Waals surface area (Å²) in [6, 6.07) is 0. The van der Waals surface area contributed by atoms with Crippen molar-refractivity contribution in [1.29, 1.82) is 0 Å². The highest BCUT2D eigenvalue weighted by Gasteiger charge is 2.44. The lowest BCUT2D eigenvalue weighted by atomic mass is 10.5. The summed E-state index contributed by atoms with van der Waals surface area (Å²) in [5.41, 5.74) is -5.18. The van der Waals surface area contributed by atoms with E-state index < -0.39 is 27.5 Å². The second kappa shape index (κ2) is 3.13. The molecular formula is C5H5F3O2S. The molecule has 6 heteroatoms. The molecule has 0 aromatic carbocycles. The standard InChI is InChI=1S/C5H5F3O2S/c1-2-3-4-11(9,10)5(6,7)8/h1H,3-4H2. The Balaban J connectivity index is 4.41. The zero-order chi connectivity index (χ0) is 9.12. The van der Waals surface area contributed by atoms with E-state index in [0.29, 0.717) is 0 Å². The third kappa shape index (κ3) is 2.80. The van der Waals surface area contributed by atoms with Gasteiger partial charge in [0.2, 0.25) is 9.84 Å². The van der Waals surface area contributed by atoms with Crippen LogP contribution in [0, 0.1) is 12.3 Å². The highest BCUT2D eigenvalue weighted by molar-refractivity contribution is 7.92. The number of sulfone groups is 1. The van der Waals surface area contributed by atoms with E-state index in [0.717, 1.165) is 0 Å². The highest BCUT2D eigenvalue weighted by Crippen LogP contribution is 2.23. The molecule has 0 amide bonds. The van der Waals surface area contributed by atoms with Gasteiger partial charge < -0.3 is 0 Å². The maximum absolute atomic E-state index is 11.5. The van der Waals surface area contributed by atoms with Crippen LogP contribution in [0.2, 0.25) is 0 Å². The lowest BCUT2D eigenvalue weighted by Gasteiger charge is -2.04. The number of terminal acetylenes is 1. The van der Waals surface area contributed by atoms with Gasteiger partial charge in [0.25, 0.3) is 0 Å². The highest BCUT2D eigenvalue weighted by atomic mass is 32.2. The van der Waals surface area contributed by atoms with Gasteiger partial charge in [-0.3, -0.25) is 0 Å². The number of halogens is 3. The minimum atomic E-state index is -5.18. The van der Waals surface area contributed by atoms with E-state index >= 15 is 0 Å². The van der Waals surface area contributed by atoms with Gasteiger partial charge in [-0.1, -0.05) is 0 Å². The van der Waals surface area contributed by atoms with Gasteiger partial charge in [0.1, 0.15) is 0 Å². The molecule has 0 heterocycles. The van der Waals surface area contributed by atoms with Crippen LogP contribution in [-0.2, 0) is 9.84 Å². The summed E-state index contributed by atoms with van der Waals surface area (Å²) in [4.78, 5) is 0. The number of hydrogen-bond acceptors (Lipinski definition) is 2. The quantitative estimate of drug-likeness (QED) is 0.601. The zero-order valence-electron chi connectivity index (χ0n) is 5.35. The third-order valence-electron chi connectivity index (χ3n) is 0.868. The SMILES string of the molecule is C#CCCS(=O)(=O)C(F)(F)F. The maximum atomic E-state index is 11.5. The number of rotatable bonds is 2. The van der Waals surface area contributed by atoms with Crippen LogP contribution in [0.3, 0.4) is 0 Å². The monoisotopic (exact) mass is 186 g/mol. The van der Waals surface area contributed by atoms with Gasteiger partial charge in [0, 0.05) is 6.42 Å². The summed E-state index contributed by atoms with van der Waals surface area (Å²) in [6.45, 7) is 0. The van der Waals surface area contributed by atoms with E-state index in [1.165, 1.54) is 0 Å². The third-order valence-corrected chi connectivity index (χ3v) is 2.31. The van der Waals surface area contributed by atoms with E-state index in [-0.39, 0.29) is 0 Å². The van der Waals surface area contributed by atoms with Crippen molar-refractivity contribution in [1.82, 2.24) is 0 Å². The predicted octanol–water partition coefficient (Wildman–Crippen LogP) is 0.944. The van der Waals surface area contributed by atoms with Crippen molar-refractivity contribution >= 4 is 9.84 Å². The van der Waals surface area contributed by atoms with E-state index in [2.05, 4.69) is 6.42 Å². The molecule has 0 spiro atoms. The minimum absolute atomic E-state index is 0.415. The van der Waals surface area contributed by atoms with Gasteiger partial charge in [0.05, 0.1) is 5.75 Å². The first-order chi connectivity index (χ1) is 4.81. The Morgan fingerprint density at radius 2 is 1.82 bits per heavy atom. The van der Waals surface area contributed by atoms with Crippen LogP contribution in [0.4, 0.5) is 13.2 Å². The van der Waals surface area contributed by atoms with Gasteiger partial charge in [-0.2, -0.15) is 13.2 Å². The second-order valence-electron chi connectivity index (χ2n) is 1.72. The molecule has 0 bridgehead atoms. The Labute approximate surface area is 62.3 Å². The molecule has 64 valence electrons. The topological polar surface area (TPSA) is 34.1 Å². The van der Waals surface area contributed by atoms with Gasteiger partial charge >= 0.3 is 5.51 Å². The van der Waals surface area contributed by atoms with Crippen LogP contribution in [0.15, 0.2) is 0 Å². The Kier molecular flexibility index (Phi) is 2.93. The maximum Gasteiger partial charge on any atom is 0.497 e. The van der Waals surface area contributed by atoms with Crippen LogP contribution in [0.1, 0.15) is 6.42 Å². The van der Waals surface area contributed by atoms with Gasteiger partial charge in [-0.25, -0.2) is 8.42 Å². The summed E-state index contributed by atoms with van der Waals surface area (Å²) >= 11 is 0. The number of hydrogen-bond donors (Lipinski definition) is 0. The molecule has 0 aliphatic carbocycles. The Morgan fingerprint density at radius 3 is 2.09 bits per heavy atom. The zero-order valence-corrected chi connectivity index (χ0v) is 6.17. The smallest absolute Gasteiger partial charge is 0.220 e. The first-order valence-corrected chi connectivity index (χ1v) is 4.19. The van der Waals surface area contributed by atoms with Gasteiger partial charge in [-0.15, -0.1) is 12.3 Å². The van der Waals surface area contributed by atoms with Crippen LogP contribution in [0.25, 0.3) is 0 Å². The van der Waals surface area contributed by atoms with Crippen molar-refractivity contribution in [2.45, 2.75) is 11.9 Å². The average Bonchev–Trinajstić information content (AvgIpc) is 1.81. The van der Waals surface area contributed by atoms with Crippen molar-refractivity contribution in [2.24, 2.45) is 0 Å². The second-order valence-corrected chi connectivity index (χ2v) is 3.82.